The number of nitrogens with zero attached hydrogens (tertiary/aromatic N) is 2. The molecule has 0 saturated heterocycles. The van der Waals surface area contributed by atoms with Crippen molar-refractivity contribution >= 4 is 34.1 Å². The highest BCUT2D eigenvalue weighted by Gasteiger charge is 2.13. The lowest BCUT2D eigenvalue weighted by atomic mass is 9.87. The molecule has 1 aromatic carbocycles. The van der Waals surface area contributed by atoms with E-state index < -0.39 is 0 Å². The van der Waals surface area contributed by atoms with Crippen LogP contribution in [0.15, 0.2) is 28.6 Å². The van der Waals surface area contributed by atoms with E-state index in [4.69, 9.17) is 4.74 Å². The van der Waals surface area contributed by atoms with E-state index in [-0.39, 0.29) is 11.3 Å². The van der Waals surface area contributed by atoms with Gasteiger partial charge in [0.2, 0.25) is 11.0 Å². The predicted molar refractivity (Wildman–Crippen MR) is 105 cm³/mol. The number of carbonyl (C=O) groups is 1. The highest BCUT2D eigenvalue weighted by molar-refractivity contribution is 8.01. The first kappa shape index (κ1) is 19.7. The molecule has 0 saturated carbocycles. The molecule has 0 aliphatic carbocycles. The minimum absolute atomic E-state index is 0.0594. The maximum Gasteiger partial charge on any atom is 0.226 e. The number of amides is 1. The maximum atomic E-state index is 11.9. The normalized spacial score (nSPS) is 11.4. The van der Waals surface area contributed by atoms with E-state index in [0.29, 0.717) is 24.6 Å². The summed E-state index contributed by atoms with van der Waals surface area (Å²) in [6, 6.07) is 8.14. The third-order valence-corrected chi connectivity index (χ3v) is 5.31. The van der Waals surface area contributed by atoms with E-state index in [1.807, 2.05) is 12.1 Å². The molecule has 0 bridgehead atoms. The van der Waals surface area contributed by atoms with Crippen molar-refractivity contribution in [2.45, 2.75) is 50.3 Å². The number of nitrogens with one attached hydrogen (secondary N) is 1. The molecule has 7 heteroatoms. The van der Waals surface area contributed by atoms with Gasteiger partial charge in [-0.05, 0) is 35.3 Å². The molecule has 5 nitrogen and oxygen atoms in total. The Balaban J connectivity index is 1.69. The predicted octanol–water partition coefficient (Wildman–Crippen LogP) is 4.75. The third-order valence-electron chi connectivity index (χ3n) is 3.46. The Labute approximate surface area is 157 Å². The summed E-state index contributed by atoms with van der Waals surface area (Å²) < 4.78 is 6.58. The molecular weight excluding hydrogens is 354 g/mol. The van der Waals surface area contributed by atoms with Crippen molar-refractivity contribution < 1.29 is 9.53 Å². The van der Waals surface area contributed by atoms with Crippen molar-refractivity contribution in [1.29, 1.82) is 0 Å². The Morgan fingerprint density at radius 3 is 2.60 bits per heavy atom. The summed E-state index contributed by atoms with van der Waals surface area (Å²) in [5.74, 6) is 1.71. The molecule has 0 atom stereocenters. The van der Waals surface area contributed by atoms with Crippen molar-refractivity contribution in [1.82, 2.24) is 10.2 Å². The summed E-state index contributed by atoms with van der Waals surface area (Å²) in [5, 5.41) is 11.3. The average molecular weight is 380 g/mol. The van der Waals surface area contributed by atoms with E-state index in [9.17, 15) is 4.79 Å². The molecule has 2 rings (SSSR count). The Morgan fingerprint density at radius 1 is 1.24 bits per heavy atom. The van der Waals surface area contributed by atoms with Crippen LogP contribution in [0.25, 0.3) is 0 Å². The Morgan fingerprint density at radius 2 is 1.96 bits per heavy atom. The van der Waals surface area contributed by atoms with Crippen LogP contribution in [0.5, 0.6) is 5.75 Å². The lowest BCUT2D eigenvalue weighted by Gasteiger charge is -2.19. The lowest BCUT2D eigenvalue weighted by Crippen LogP contribution is -2.13. The lowest BCUT2D eigenvalue weighted by molar-refractivity contribution is -0.116. The number of ether oxygens (including phenoxy) is 1. The van der Waals surface area contributed by atoms with Crippen LogP contribution in [0, 0.1) is 0 Å². The molecule has 0 unspecified atom stereocenters. The van der Waals surface area contributed by atoms with Crippen LogP contribution in [0.4, 0.5) is 5.13 Å². The molecule has 1 amide bonds. The molecule has 1 aromatic heterocycles. The van der Waals surface area contributed by atoms with Gasteiger partial charge in [-0.3, -0.25) is 4.79 Å². The minimum atomic E-state index is -0.0594. The molecule has 1 N–H and O–H groups in total. The summed E-state index contributed by atoms with van der Waals surface area (Å²) in [7, 11) is 0. The van der Waals surface area contributed by atoms with Crippen molar-refractivity contribution in [3.05, 3.63) is 29.8 Å². The van der Waals surface area contributed by atoms with Crippen LogP contribution in [0.1, 0.15) is 46.1 Å². The van der Waals surface area contributed by atoms with E-state index in [1.54, 1.807) is 11.8 Å². The first-order valence-corrected chi connectivity index (χ1v) is 10.2. The standard InChI is InChI=1S/C18H25N3O2S2/c1-5-24-17-21-20-16(25-17)19-15(22)7-6-12-23-14-10-8-13(9-11-14)18(2,3)4/h8-11H,5-7,12H2,1-4H3,(H,19,20,22). The van der Waals surface area contributed by atoms with Gasteiger partial charge in [0, 0.05) is 6.42 Å². The van der Waals surface area contributed by atoms with Gasteiger partial charge in [-0.1, -0.05) is 62.9 Å². The highest BCUT2D eigenvalue weighted by Crippen LogP contribution is 2.25. The molecule has 136 valence electrons. The minimum Gasteiger partial charge on any atom is -0.494 e. The van der Waals surface area contributed by atoms with Crippen LogP contribution in [0.2, 0.25) is 0 Å². The van der Waals surface area contributed by atoms with Gasteiger partial charge in [-0.15, -0.1) is 10.2 Å². The largest absolute Gasteiger partial charge is 0.494 e. The van der Waals surface area contributed by atoms with E-state index in [2.05, 4.69) is 55.3 Å². The molecule has 0 aliphatic rings. The second kappa shape index (κ2) is 9.20. The molecule has 1 heterocycles. The highest BCUT2D eigenvalue weighted by atomic mass is 32.2. The van der Waals surface area contributed by atoms with Crippen LogP contribution >= 0.6 is 23.1 Å². The third kappa shape index (κ3) is 6.66. The van der Waals surface area contributed by atoms with E-state index in [1.165, 1.54) is 16.9 Å². The van der Waals surface area contributed by atoms with Gasteiger partial charge < -0.3 is 10.1 Å². The van der Waals surface area contributed by atoms with Crippen molar-refractivity contribution in [2.75, 3.05) is 17.7 Å². The monoisotopic (exact) mass is 379 g/mol. The fraction of sp³-hybridized carbons (Fsp3) is 0.500. The molecule has 25 heavy (non-hydrogen) atoms. The van der Waals surface area contributed by atoms with Gasteiger partial charge in [0.15, 0.2) is 4.34 Å². The number of aromatic nitrogens is 2. The van der Waals surface area contributed by atoms with Gasteiger partial charge >= 0.3 is 0 Å². The molecule has 2 aromatic rings. The van der Waals surface area contributed by atoms with Gasteiger partial charge in [0.25, 0.3) is 0 Å². The molecule has 0 spiro atoms. The average Bonchev–Trinajstić information content (AvgIpc) is 2.98. The Bertz CT molecular complexity index is 678. The summed E-state index contributed by atoms with van der Waals surface area (Å²) >= 11 is 3.02. The first-order chi connectivity index (χ1) is 11.9. The SMILES string of the molecule is CCSc1nnc(NC(=O)CCCOc2ccc(C(C)(C)C)cc2)s1. The van der Waals surface area contributed by atoms with Gasteiger partial charge in [-0.25, -0.2) is 0 Å². The van der Waals surface area contributed by atoms with Gasteiger partial charge in [0.05, 0.1) is 6.61 Å². The van der Waals surface area contributed by atoms with Gasteiger partial charge in [-0.2, -0.15) is 0 Å². The zero-order valence-electron chi connectivity index (χ0n) is 15.2. The molecular formula is C18H25N3O2S2. The Kier molecular flexibility index (Phi) is 7.25. The molecule has 0 fully saturated rings. The van der Waals surface area contributed by atoms with Crippen molar-refractivity contribution in [3.8, 4) is 5.75 Å². The van der Waals surface area contributed by atoms with Crippen molar-refractivity contribution in [2.24, 2.45) is 0 Å². The van der Waals surface area contributed by atoms with E-state index in [0.717, 1.165) is 15.8 Å². The maximum absolute atomic E-state index is 11.9. The second-order valence-corrected chi connectivity index (χ2v) is 9.07. The zero-order valence-corrected chi connectivity index (χ0v) is 16.8. The fourth-order valence-electron chi connectivity index (χ4n) is 2.10. The summed E-state index contributed by atoms with van der Waals surface area (Å²) in [6.45, 7) is 9.12. The first-order valence-electron chi connectivity index (χ1n) is 8.38. The van der Waals surface area contributed by atoms with Crippen LogP contribution in [0.3, 0.4) is 0 Å². The topological polar surface area (TPSA) is 64.1 Å². The number of anilines is 1. The number of thioether (sulfide) groups is 1. The van der Waals surface area contributed by atoms with Crippen LogP contribution in [-0.2, 0) is 10.2 Å². The summed E-state index contributed by atoms with van der Waals surface area (Å²) in [6.07, 6.45) is 1.05. The summed E-state index contributed by atoms with van der Waals surface area (Å²) in [5.41, 5.74) is 1.41. The molecule has 0 aliphatic heterocycles. The van der Waals surface area contributed by atoms with E-state index >= 15 is 0 Å². The van der Waals surface area contributed by atoms with Crippen molar-refractivity contribution in [3.63, 3.8) is 0 Å². The smallest absolute Gasteiger partial charge is 0.226 e. The molecule has 0 radical (unpaired) electrons. The van der Waals surface area contributed by atoms with Crippen LogP contribution < -0.4 is 10.1 Å². The van der Waals surface area contributed by atoms with Gasteiger partial charge in [0.1, 0.15) is 5.75 Å². The van der Waals surface area contributed by atoms with Crippen LogP contribution in [-0.4, -0.2) is 28.5 Å². The summed E-state index contributed by atoms with van der Waals surface area (Å²) in [4.78, 5) is 11.9. The number of benzene rings is 1. The Hall–Kier alpha value is -1.60. The number of carbonyl (C=O) groups excluding carboxylic acids is 1. The number of rotatable bonds is 8. The quantitative estimate of drug-likeness (QED) is 0.407. The number of hydrogen-bond donors (Lipinski definition) is 1. The second-order valence-electron chi connectivity index (χ2n) is 6.58. The number of hydrogen-bond acceptors (Lipinski definition) is 6. The zero-order chi connectivity index (χ0) is 18.3. The fourth-order valence-corrected chi connectivity index (χ4v) is 3.76.